The van der Waals surface area contributed by atoms with Crippen LogP contribution in [0.2, 0.25) is 0 Å². The van der Waals surface area contributed by atoms with E-state index < -0.39 is 0 Å². The average molecular weight is 194 g/mol. The van der Waals surface area contributed by atoms with Crippen LogP contribution in [-0.2, 0) is 9.53 Å². The zero-order valence-corrected chi connectivity index (χ0v) is 8.40. The Bertz CT molecular complexity index is 354. The lowest BCUT2D eigenvalue weighted by atomic mass is 10.4. The zero-order valence-electron chi connectivity index (χ0n) is 7.59. The van der Waals surface area contributed by atoms with Gasteiger partial charge in [0.05, 0.1) is 12.0 Å². The minimum atomic E-state index is -0.291. The van der Waals surface area contributed by atoms with E-state index in [1.54, 1.807) is 11.3 Å². The van der Waals surface area contributed by atoms with Crippen LogP contribution in [0.15, 0.2) is 12.1 Å². The predicted octanol–water partition coefficient (Wildman–Crippen LogP) is 1.97. The number of rotatable bonds is 1. The van der Waals surface area contributed by atoms with Crippen LogP contribution in [-0.4, -0.2) is 13.1 Å². The highest BCUT2D eigenvalue weighted by Crippen LogP contribution is 2.13. The fourth-order valence-electron chi connectivity index (χ4n) is 0.777. The Morgan fingerprint density at radius 3 is 2.92 bits per heavy atom. The molecule has 0 aromatic carbocycles. The largest absolute Gasteiger partial charge is 0.468 e. The van der Waals surface area contributed by atoms with E-state index in [2.05, 4.69) is 16.6 Å². The van der Waals surface area contributed by atoms with Crippen LogP contribution in [0.25, 0.3) is 0 Å². The molecule has 1 heterocycles. The van der Waals surface area contributed by atoms with E-state index >= 15 is 0 Å². The van der Waals surface area contributed by atoms with Gasteiger partial charge in [0.25, 0.3) is 0 Å². The summed E-state index contributed by atoms with van der Waals surface area (Å²) in [6.07, 6.45) is 0.160. The molecule has 0 aliphatic carbocycles. The van der Waals surface area contributed by atoms with Gasteiger partial charge < -0.3 is 4.74 Å². The fourth-order valence-corrected chi connectivity index (χ4v) is 1.52. The van der Waals surface area contributed by atoms with Crippen LogP contribution in [0.4, 0.5) is 0 Å². The van der Waals surface area contributed by atoms with Gasteiger partial charge in [-0.1, -0.05) is 11.8 Å². The predicted molar refractivity (Wildman–Crippen MR) is 52.6 cm³/mol. The van der Waals surface area contributed by atoms with Gasteiger partial charge in [-0.25, -0.2) is 0 Å². The Labute approximate surface area is 81.5 Å². The molecule has 0 fully saturated rings. The molecular weight excluding hydrogens is 184 g/mol. The first-order valence-corrected chi connectivity index (χ1v) is 4.66. The Kier molecular flexibility index (Phi) is 3.53. The first-order chi connectivity index (χ1) is 6.22. The van der Waals surface area contributed by atoms with Gasteiger partial charge in [0, 0.05) is 4.88 Å². The van der Waals surface area contributed by atoms with Crippen molar-refractivity contribution in [1.82, 2.24) is 0 Å². The molecule has 0 aliphatic heterocycles. The minimum absolute atomic E-state index is 0.160. The molecule has 0 bridgehead atoms. The summed E-state index contributed by atoms with van der Waals surface area (Å²) in [5, 5.41) is 0. The number of methoxy groups -OCH3 is 1. The lowest BCUT2D eigenvalue weighted by Gasteiger charge is -1.88. The van der Waals surface area contributed by atoms with Crippen molar-refractivity contribution in [2.45, 2.75) is 13.3 Å². The Balaban J connectivity index is 2.53. The third kappa shape index (κ3) is 3.30. The Hall–Kier alpha value is -1.27. The maximum atomic E-state index is 10.7. The topological polar surface area (TPSA) is 26.3 Å². The number of hydrogen-bond donors (Lipinski definition) is 0. The van der Waals surface area contributed by atoms with E-state index in [1.807, 2.05) is 19.1 Å². The van der Waals surface area contributed by atoms with Crippen molar-refractivity contribution in [2.75, 3.05) is 7.11 Å². The molecule has 0 amide bonds. The monoisotopic (exact) mass is 194 g/mol. The number of esters is 1. The molecule has 0 atom stereocenters. The van der Waals surface area contributed by atoms with Gasteiger partial charge >= 0.3 is 5.97 Å². The first-order valence-electron chi connectivity index (χ1n) is 3.84. The number of aryl methyl sites for hydroxylation is 1. The fraction of sp³-hybridized carbons (Fsp3) is 0.300. The molecule has 0 radical (unpaired) electrons. The highest BCUT2D eigenvalue weighted by atomic mass is 32.1. The summed E-state index contributed by atoms with van der Waals surface area (Å²) in [5.41, 5.74) is 0. The van der Waals surface area contributed by atoms with Gasteiger partial charge in [0.1, 0.15) is 6.42 Å². The lowest BCUT2D eigenvalue weighted by molar-refractivity contribution is -0.139. The van der Waals surface area contributed by atoms with E-state index in [1.165, 1.54) is 12.0 Å². The molecule has 0 unspecified atom stereocenters. The molecule has 0 spiro atoms. The van der Waals surface area contributed by atoms with Crippen LogP contribution in [0, 0.1) is 18.8 Å². The summed E-state index contributed by atoms with van der Waals surface area (Å²) < 4.78 is 4.46. The minimum Gasteiger partial charge on any atom is -0.468 e. The molecule has 2 nitrogen and oxygen atoms in total. The summed E-state index contributed by atoms with van der Waals surface area (Å²) in [5.74, 6) is 5.36. The Morgan fingerprint density at radius 2 is 2.38 bits per heavy atom. The lowest BCUT2D eigenvalue weighted by Crippen LogP contribution is -1.96. The number of carbonyl (C=O) groups excluding carboxylic acids is 1. The number of ether oxygens (including phenoxy) is 1. The van der Waals surface area contributed by atoms with Crippen LogP contribution in [0.3, 0.4) is 0 Å². The van der Waals surface area contributed by atoms with Crippen molar-refractivity contribution in [2.24, 2.45) is 0 Å². The van der Waals surface area contributed by atoms with E-state index in [-0.39, 0.29) is 12.4 Å². The first kappa shape index (κ1) is 9.82. The van der Waals surface area contributed by atoms with E-state index in [9.17, 15) is 4.79 Å². The second-order valence-electron chi connectivity index (χ2n) is 2.46. The zero-order chi connectivity index (χ0) is 9.68. The van der Waals surface area contributed by atoms with Gasteiger partial charge in [-0.15, -0.1) is 11.3 Å². The maximum absolute atomic E-state index is 10.7. The highest BCUT2D eigenvalue weighted by molar-refractivity contribution is 7.12. The molecule has 1 aromatic rings. The molecule has 0 saturated heterocycles. The normalized spacial score (nSPS) is 8.77. The molecule has 1 rings (SSSR count). The van der Waals surface area contributed by atoms with Gasteiger partial charge in [-0.3, -0.25) is 4.79 Å². The van der Waals surface area contributed by atoms with Crippen LogP contribution in [0.1, 0.15) is 16.2 Å². The van der Waals surface area contributed by atoms with Crippen molar-refractivity contribution in [1.29, 1.82) is 0 Å². The third-order valence-electron chi connectivity index (χ3n) is 1.41. The number of carbonyl (C=O) groups is 1. The second kappa shape index (κ2) is 4.68. The van der Waals surface area contributed by atoms with Crippen molar-refractivity contribution < 1.29 is 9.53 Å². The molecule has 1 aromatic heterocycles. The summed E-state index contributed by atoms with van der Waals surface area (Å²) in [6.45, 7) is 2.02. The van der Waals surface area contributed by atoms with Gasteiger partial charge in [0.2, 0.25) is 0 Å². The molecule has 3 heteroatoms. The molecule has 0 N–H and O–H groups in total. The maximum Gasteiger partial charge on any atom is 0.317 e. The second-order valence-corrected chi connectivity index (χ2v) is 3.75. The summed E-state index contributed by atoms with van der Waals surface area (Å²) in [6, 6.07) is 3.96. The summed E-state index contributed by atoms with van der Waals surface area (Å²) >= 11 is 1.62. The smallest absolute Gasteiger partial charge is 0.317 e. The third-order valence-corrected chi connectivity index (χ3v) is 2.33. The van der Waals surface area contributed by atoms with E-state index in [4.69, 9.17) is 0 Å². The van der Waals surface area contributed by atoms with Crippen LogP contribution in [0.5, 0.6) is 0 Å². The van der Waals surface area contributed by atoms with Gasteiger partial charge in [-0.2, -0.15) is 0 Å². The van der Waals surface area contributed by atoms with Crippen LogP contribution < -0.4 is 0 Å². The quantitative estimate of drug-likeness (QED) is 0.504. The molecule has 68 valence electrons. The molecule has 0 saturated carbocycles. The molecule has 13 heavy (non-hydrogen) atoms. The van der Waals surface area contributed by atoms with E-state index in [0.29, 0.717) is 0 Å². The molecule has 0 aliphatic rings. The summed E-state index contributed by atoms with van der Waals surface area (Å²) in [7, 11) is 1.36. The van der Waals surface area contributed by atoms with Gasteiger partial charge in [0.15, 0.2) is 0 Å². The Morgan fingerprint density at radius 1 is 1.62 bits per heavy atom. The average Bonchev–Trinajstić information content (AvgIpc) is 2.51. The highest BCUT2D eigenvalue weighted by Gasteiger charge is 1.94. The summed E-state index contributed by atoms with van der Waals surface area (Å²) in [4.78, 5) is 12.9. The van der Waals surface area contributed by atoms with Crippen molar-refractivity contribution in [3.8, 4) is 11.8 Å². The van der Waals surface area contributed by atoms with Crippen molar-refractivity contribution in [3.05, 3.63) is 21.9 Å². The van der Waals surface area contributed by atoms with Gasteiger partial charge in [-0.05, 0) is 19.1 Å². The van der Waals surface area contributed by atoms with E-state index in [0.717, 1.165) is 4.88 Å². The number of hydrogen-bond acceptors (Lipinski definition) is 3. The van der Waals surface area contributed by atoms with Crippen LogP contribution >= 0.6 is 11.3 Å². The number of thiophene rings is 1. The SMILES string of the molecule is COC(=O)CC#Cc1ccc(C)s1. The van der Waals surface area contributed by atoms with Crippen molar-refractivity contribution in [3.63, 3.8) is 0 Å². The standard InChI is InChI=1S/C10H10O2S/c1-8-6-7-9(13-8)4-3-5-10(11)12-2/h6-7H,5H2,1-2H3. The molecular formula is C10H10O2S. The van der Waals surface area contributed by atoms with Crippen molar-refractivity contribution >= 4 is 17.3 Å².